The minimum atomic E-state index is -0.477. The first-order valence-electron chi connectivity index (χ1n) is 5.39. The Labute approximate surface area is 114 Å². The van der Waals surface area contributed by atoms with Gasteiger partial charge in [0.05, 0.1) is 16.3 Å². The van der Waals surface area contributed by atoms with E-state index in [-0.39, 0.29) is 16.3 Å². The summed E-state index contributed by atoms with van der Waals surface area (Å²) in [5.41, 5.74) is 12.6. The quantitative estimate of drug-likeness (QED) is 0.739. The van der Waals surface area contributed by atoms with Crippen LogP contribution in [0.4, 0.5) is 21.5 Å². The number of nitrogens with two attached hydrogens (primary N) is 2. The molecule has 0 aliphatic carbocycles. The highest BCUT2D eigenvalue weighted by molar-refractivity contribution is 6.34. The summed E-state index contributed by atoms with van der Waals surface area (Å²) in [5.74, 6) is -0.916. The maximum absolute atomic E-state index is 12.9. The molecule has 0 unspecified atom stereocenters. The molecule has 0 atom stereocenters. The van der Waals surface area contributed by atoms with Crippen LogP contribution < -0.4 is 16.8 Å². The van der Waals surface area contributed by atoms with Crippen molar-refractivity contribution < 1.29 is 9.18 Å². The van der Waals surface area contributed by atoms with E-state index in [9.17, 15) is 9.18 Å². The number of halogens is 2. The lowest BCUT2D eigenvalue weighted by atomic mass is 10.1. The van der Waals surface area contributed by atoms with Crippen molar-refractivity contribution >= 4 is 34.6 Å². The summed E-state index contributed by atoms with van der Waals surface area (Å²) in [6.07, 6.45) is 0. The van der Waals surface area contributed by atoms with Crippen LogP contribution in [0.15, 0.2) is 36.4 Å². The fourth-order valence-corrected chi connectivity index (χ4v) is 1.78. The second-order valence-corrected chi connectivity index (χ2v) is 4.33. The maximum atomic E-state index is 12.9. The standard InChI is InChI=1S/C13H11ClFN3O/c14-10-5-7(15)1-4-12(10)18-13(19)9-3-2-8(16)6-11(9)17/h1-6H,16-17H2,(H,18,19). The zero-order valence-electron chi connectivity index (χ0n) is 9.78. The second-order valence-electron chi connectivity index (χ2n) is 3.92. The molecule has 0 bridgehead atoms. The van der Waals surface area contributed by atoms with E-state index >= 15 is 0 Å². The summed E-state index contributed by atoms with van der Waals surface area (Å²) in [7, 11) is 0. The highest BCUT2D eigenvalue weighted by atomic mass is 35.5. The monoisotopic (exact) mass is 279 g/mol. The molecule has 0 radical (unpaired) electrons. The molecule has 2 aromatic rings. The molecule has 0 aliphatic rings. The minimum absolute atomic E-state index is 0.113. The van der Waals surface area contributed by atoms with Gasteiger partial charge in [0, 0.05) is 11.4 Å². The second kappa shape index (κ2) is 5.16. The Morgan fingerprint density at radius 1 is 1.16 bits per heavy atom. The van der Waals surface area contributed by atoms with Crippen molar-refractivity contribution in [1.82, 2.24) is 0 Å². The molecule has 19 heavy (non-hydrogen) atoms. The fraction of sp³-hybridized carbons (Fsp3) is 0. The molecule has 0 saturated carbocycles. The van der Waals surface area contributed by atoms with Gasteiger partial charge in [-0.15, -0.1) is 0 Å². The predicted molar refractivity (Wildman–Crippen MR) is 74.6 cm³/mol. The Hall–Kier alpha value is -2.27. The van der Waals surface area contributed by atoms with Gasteiger partial charge in [0.1, 0.15) is 5.82 Å². The van der Waals surface area contributed by atoms with Crippen LogP contribution in [0.1, 0.15) is 10.4 Å². The van der Waals surface area contributed by atoms with E-state index in [1.807, 2.05) is 0 Å². The molecule has 98 valence electrons. The van der Waals surface area contributed by atoms with Crippen molar-refractivity contribution in [3.8, 4) is 0 Å². The lowest BCUT2D eigenvalue weighted by Crippen LogP contribution is -2.14. The van der Waals surface area contributed by atoms with Crippen molar-refractivity contribution in [2.24, 2.45) is 0 Å². The Kier molecular flexibility index (Phi) is 3.57. The highest BCUT2D eigenvalue weighted by Crippen LogP contribution is 2.24. The Morgan fingerprint density at radius 3 is 2.53 bits per heavy atom. The Balaban J connectivity index is 2.25. The van der Waals surface area contributed by atoms with E-state index in [1.165, 1.54) is 24.3 Å². The van der Waals surface area contributed by atoms with Crippen LogP contribution in [-0.2, 0) is 0 Å². The van der Waals surface area contributed by atoms with Crippen LogP contribution in [0.2, 0.25) is 5.02 Å². The number of nitrogen functional groups attached to an aromatic ring is 2. The van der Waals surface area contributed by atoms with E-state index in [0.717, 1.165) is 6.07 Å². The third kappa shape index (κ3) is 2.95. The van der Waals surface area contributed by atoms with Gasteiger partial charge in [-0.25, -0.2) is 4.39 Å². The first-order chi connectivity index (χ1) is 8.97. The Bertz CT molecular complexity index is 646. The molecule has 0 fully saturated rings. The van der Waals surface area contributed by atoms with Gasteiger partial charge >= 0.3 is 0 Å². The summed E-state index contributed by atoms with van der Waals surface area (Å²) < 4.78 is 12.9. The largest absolute Gasteiger partial charge is 0.399 e. The number of hydrogen-bond donors (Lipinski definition) is 3. The zero-order chi connectivity index (χ0) is 14.0. The molecule has 0 heterocycles. The minimum Gasteiger partial charge on any atom is -0.399 e. The third-order valence-corrected chi connectivity index (χ3v) is 2.81. The van der Waals surface area contributed by atoms with Crippen molar-refractivity contribution in [3.63, 3.8) is 0 Å². The summed E-state index contributed by atoms with van der Waals surface area (Å²) in [6.45, 7) is 0. The summed E-state index contributed by atoms with van der Waals surface area (Å²) in [6, 6.07) is 8.26. The van der Waals surface area contributed by atoms with Gasteiger partial charge in [-0.3, -0.25) is 4.79 Å². The van der Waals surface area contributed by atoms with Gasteiger partial charge in [0.25, 0.3) is 5.91 Å². The van der Waals surface area contributed by atoms with Crippen molar-refractivity contribution in [3.05, 3.63) is 52.8 Å². The lowest BCUT2D eigenvalue weighted by Gasteiger charge is -2.09. The van der Waals surface area contributed by atoms with Gasteiger partial charge in [0.15, 0.2) is 0 Å². The van der Waals surface area contributed by atoms with E-state index in [2.05, 4.69) is 5.32 Å². The SMILES string of the molecule is Nc1ccc(C(=O)Nc2ccc(F)cc2Cl)c(N)c1. The van der Waals surface area contributed by atoms with Crippen LogP contribution in [0.5, 0.6) is 0 Å². The summed E-state index contributed by atoms with van der Waals surface area (Å²) >= 11 is 5.82. The number of carbonyl (C=O) groups excluding carboxylic acids is 1. The maximum Gasteiger partial charge on any atom is 0.257 e. The molecule has 5 N–H and O–H groups in total. The molecule has 0 spiro atoms. The van der Waals surface area contributed by atoms with E-state index in [0.29, 0.717) is 11.4 Å². The number of carbonyl (C=O) groups is 1. The van der Waals surface area contributed by atoms with Crippen molar-refractivity contribution in [2.75, 3.05) is 16.8 Å². The first-order valence-corrected chi connectivity index (χ1v) is 5.76. The van der Waals surface area contributed by atoms with E-state index in [4.69, 9.17) is 23.1 Å². The Morgan fingerprint density at radius 2 is 1.89 bits per heavy atom. The van der Waals surface area contributed by atoms with Gasteiger partial charge in [-0.1, -0.05) is 11.6 Å². The van der Waals surface area contributed by atoms with Gasteiger partial charge in [-0.05, 0) is 36.4 Å². The van der Waals surface area contributed by atoms with Crippen LogP contribution >= 0.6 is 11.6 Å². The van der Waals surface area contributed by atoms with Crippen LogP contribution in [0.25, 0.3) is 0 Å². The molecule has 0 aliphatic heterocycles. The fourth-order valence-electron chi connectivity index (χ4n) is 1.57. The van der Waals surface area contributed by atoms with Crippen LogP contribution in [-0.4, -0.2) is 5.91 Å². The van der Waals surface area contributed by atoms with Gasteiger partial charge in [0.2, 0.25) is 0 Å². The average molecular weight is 280 g/mol. The van der Waals surface area contributed by atoms with Crippen molar-refractivity contribution in [1.29, 1.82) is 0 Å². The summed E-state index contributed by atoms with van der Waals surface area (Å²) in [4.78, 5) is 12.0. The van der Waals surface area contributed by atoms with Crippen molar-refractivity contribution in [2.45, 2.75) is 0 Å². The molecule has 4 nitrogen and oxygen atoms in total. The molecular formula is C13H11ClFN3O. The lowest BCUT2D eigenvalue weighted by molar-refractivity contribution is 0.102. The first kappa shape index (κ1) is 13.2. The molecule has 2 rings (SSSR count). The van der Waals surface area contributed by atoms with Gasteiger partial charge < -0.3 is 16.8 Å². The van der Waals surface area contributed by atoms with Crippen LogP contribution in [0.3, 0.4) is 0 Å². The number of benzene rings is 2. The molecule has 0 saturated heterocycles. The third-order valence-electron chi connectivity index (χ3n) is 2.50. The van der Waals surface area contributed by atoms with Crippen LogP contribution in [0, 0.1) is 5.82 Å². The predicted octanol–water partition coefficient (Wildman–Crippen LogP) is 2.90. The van der Waals surface area contributed by atoms with E-state index in [1.54, 1.807) is 6.07 Å². The average Bonchev–Trinajstić information content (AvgIpc) is 2.32. The molecule has 2 aromatic carbocycles. The number of anilines is 3. The topological polar surface area (TPSA) is 81.1 Å². The number of nitrogens with one attached hydrogen (secondary N) is 1. The molecular weight excluding hydrogens is 269 g/mol. The van der Waals surface area contributed by atoms with E-state index < -0.39 is 11.7 Å². The molecule has 0 aromatic heterocycles. The number of rotatable bonds is 2. The smallest absolute Gasteiger partial charge is 0.257 e. The highest BCUT2D eigenvalue weighted by Gasteiger charge is 2.12. The molecule has 6 heteroatoms. The summed E-state index contributed by atoms with van der Waals surface area (Å²) in [5, 5.41) is 2.67. The molecule has 1 amide bonds. The number of hydrogen-bond acceptors (Lipinski definition) is 3. The normalized spacial score (nSPS) is 10.2. The van der Waals surface area contributed by atoms with Gasteiger partial charge in [-0.2, -0.15) is 0 Å². The number of amides is 1. The zero-order valence-corrected chi connectivity index (χ0v) is 10.5.